The Morgan fingerprint density at radius 3 is 2.59 bits per heavy atom. The van der Waals surface area contributed by atoms with Gasteiger partial charge in [0.2, 0.25) is 0 Å². The molecule has 1 aromatic rings. The first-order valence-corrected chi connectivity index (χ1v) is 6.35. The Kier molecular flexibility index (Phi) is 5.65. The molecular weight excluding hydrogens is 214 g/mol. The molecule has 0 aromatic carbocycles. The van der Waals surface area contributed by atoms with Gasteiger partial charge in [-0.3, -0.25) is 0 Å². The molecule has 0 amide bonds. The van der Waals surface area contributed by atoms with E-state index in [0.29, 0.717) is 5.92 Å². The van der Waals surface area contributed by atoms with Crippen LogP contribution in [0.3, 0.4) is 0 Å². The van der Waals surface area contributed by atoms with E-state index in [1.165, 1.54) is 0 Å². The van der Waals surface area contributed by atoms with Crippen molar-refractivity contribution < 1.29 is 4.74 Å². The van der Waals surface area contributed by atoms with Crippen LogP contribution in [-0.2, 0) is 11.8 Å². The molecule has 4 heteroatoms. The number of ether oxygens (including phenoxy) is 1. The van der Waals surface area contributed by atoms with Gasteiger partial charge in [-0.15, -0.1) is 0 Å². The van der Waals surface area contributed by atoms with Crippen LogP contribution in [-0.4, -0.2) is 29.3 Å². The molecule has 0 saturated carbocycles. The third-order valence-corrected chi connectivity index (χ3v) is 3.01. The van der Waals surface area contributed by atoms with E-state index in [9.17, 15) is 0 Å². The van der Waals surface area contributed by atoms with Crippen LogP contribution in [0.15, 0.2) is 12.4 Å². The monoisotopic (exact) mass is 239 g/mol. The molecule has 1 N–H and O–H groups in total. The summed E-state index contributed by atoms with van der Waals surface area (Å²) in [6.07, 6.45) is 5.06. The van der Waals surface area contributed by atoms with Gasteiger partial charge in [0.05, 0.1) is 12.1 Å². The standard InChI is InChI=1S/C13H25N3O/c1-6-7-14-11(12(17-5)10(2)3)13-15-8-9-16(13)4/h8-12,14H,6-7H2,1-5H3. The van der Waals surface area contributed by atoms with Crippen molar-refractivity contribution in [2.24, 2.45) is 13.0 Å². The molecule has 0 aliphatic heterocycles. The van der Waals surface area contributed by atoms with Crippen molar-refractivity contribution in [1.82, 2.24) is 14.9 Å². The van der Waals surface area contributed by atoms with E-state index in [4.69, 9.17) is 4.74 Å². The van der Waals surface area contributed by atoms with Crippen molar-refractivity contribution in [3.8, 4) is 0 Å². The largest absolute Gasteiger partial charge is 0.379 e. The fourth-order valence-electron chi connectivity index (χ4n) is 2.12. The van der Waals surface area contributed by atoms with Gasteiger partial charge < -0.3 is 14.6 Å². The summed E-state index contributed by atoms with van der Waals surface area (Å²) < 4.78 is 7.69. The van der Waals surface area contributed by atoms with Crippen LogP contribution >= 0.6 is 0 Å². The van der Waals surface area contributed by atoms with E-state index in [1.54, 1.807) is 7.11 Å². The molecule has 98 valence electrons. The molecule has 1 aromatic heterocycles. The molecule has 0 bridgehead atoms. The molecule has 1 heterocycles. The van der Waals surface area contributed by atoms with Crippen LogP contribution in [0, 0.1) is 5.92 Å². The summed E-state index contributed by atoms with van der Waals surface area (Å²) in [5, 5.41) is 3.54. The SMILES string of the molecule is CCCNC(c1nccn1C)C(OC)C(C)C. The lowest BCUT2D eigenvalue weighted by Crippen LogP contribution is -2.38. The lowest BCUT2D eigenvalue weighted by molar-refractivity contribution is 0.0294. The van der Waals surface area contributed by atoms with E-state index in [2.05, 4.69) is 35.6 Å². The summed E-state index contributed by atoms with van der Waals surface area (Å²) in [6, 6.07) is 0.153. The zero-order valence-electron chi connectivity index (χ0n) is 11.6. The molecule has 2 unspecified atom stereocenters. The second-order valence-electron chi connectivity index (χ2n) is 4.77. The first-order valence-electron chi connectivity index (χ1n) is 6.35. The molecule has 4 nitrogen and oxygen atoms in total. The first-order chi connectivity index (χ1) is 8.11. The molecule has 0 aliphatic rings. The predicted octanol–water partition coefficient (Wildman–Crippen LogP) is 2.13. The Morgan fingerprint density at radius 2 is 2.18 bits per heavy atom. The quantitative estimate of drug-likeness (QED) is 0.792. The number of imidazole rings is 1. The Hall–Kier alpha value is -0.870. The number of aromatic nitrogens is 2. The number of hydrogen-bond acceptors (Lipinski definition) is 3. The van der Waals surface area contributed by atoms with Gasteiger partial charge in [0, 0.05) is 26.6 Å². The summed E-state index contributed by atoms with van der Waals surface area (Å²) in [5.74, 6) is 1.49. The van der Waals surface area contributed by atoms with Crippen molar-refractivity contribution in [3.63, 3.8) is 0 Å². The van der Waals surface area contributed by atoms with Gasteiger partial charge in [0.15, 0.2) is 0 Å². The van der Waals surface area contributed by atoms with Gasteiger partial charge in [-0.25, -0.2) is 4.98 Å². The van der Waals surface area contributed by atoms with Crippen LogP contribution < -0.4 is 5.32 Å². The topological polar surface area (TPSA) is 39.1 Å². The number of aryl methyl sites for hydroxylation is 1. The third-order valence-electron chi connectivity index (χ3n) is 3.01. The highest BCUT2D eigenvalue weighted by Gasteiger charge is 2.28. The van der Waals surface area contributed by atoms with Gasteiger partial charge in [0.25, 0.3) is 0 Å². The van der Waals surface area contributed by atoms with Crippen LogP contribution in [0.2, 0.25) is 0 Å². The summed E-state index contributed by atoms with van der Waals surface area (Å²) in [4.78, 5) is 4.44. The zero-order valence-corrected chi connectivity index (χ0v) is 11.6. The predicted molar refractivity (Wildman–Crippen MR) is 69.9 cm³/mol. The number of rotatable bonds is 7. The summed E-state index contributed by atoms with van der Waals surface area (Å²) in [5.41, 5.74) is 0. The van der Waals surface area contributed by atoms with Crippen molar-refractivity contribution in [1.29, 1.82) is 0 Å². The van der Waals surface area contributed by atoms with Crippen LogP contribution in [0.4, 0.5) is 0 Å². The fourth-order valence-corrected chi connectivity index (χ4v) is 2.12. The molecule has 0 spiro atoms. The van der Waals surface area contributed by atoms with Crippen LogP contribution in [0.5, 0.6) is 0 Å². The van der Waals surface area contributed by atoms with E-state index in [-0.39, 0.29) is 12.1 Å². The van der Waals surface area contributed by atoms with Gasteiger partial charge in [-0.05, 0) is 18.9 Å². The Balaban J connectivity index is 2.90. The lowest BCUT2D eigenvalue weighted by Gasteiger charge is -2.29. The molecule has 17 heavy (non-hydrogen) atoms. The lowest BCUT2D eigenvalue weighted by atomic mass is 9.98. The van der Waals surface area contributed by atoms with E-state index < -0.39 is 0 Å². The normalized spacial score (nSPS) is 15.2. The highest BCUT2D eigenvalue weighted by molar-refractivity contribution is 5.02. The molecule has 1 rings (SSSR count). The molecule has 0 fully saturated rings. The summed E-state index contributed by atoms with van der Waals surface area (Å²) >= 11 is 0. The van der Waals surface area contributed by atoms with Gasteiger partial charge >= 0.3 is 0 Å². The van der Waals surface area contributed by atoms with E-state index in [0.717, 1.165) is 18.8 Å². The minimum absolute atomic E-state index is 0.141. The molecular formula is C13H25N3O. The van der Waals surface area contributed by atoms with Crippen molar-refractivity contribution in [3.05, 3.63) is 18.2 Å². The maximum Gasteiger partial charge on any atom is 0.128 e. The zero-order chi connectivity index (χ0) is 12.8. The minimum atomic E-state index is 0.141. The second kappa shape index (κ2) is 6.77. The van der Waals surface area contributed by atoms with Gasteiger partial charge in [0.1, 0.15) is 5.82 Å². The molecule has 0 aliphatic carbocycles. The maximum absolute atomic E-state index is 5.63. The average molecular weight is 239 g/mol. The highest BCUT2D eigenvalue weighted by atomic mass is 16.5. The van der Waals surface area contributed by atoms with Crippen LogP contribution in [0.1, 0.15) is 39.1 Å². The molecule has 2 atom stereocenters. The Morgan fingerprint density at radius 1 is 1.47 bits per heavy atom. The summed E-state index contributed by atoms with van der Waals surface area (Å²) in [6.45, 7) is 7.50. The second-order valence-corrected chi connectivity index (χ2v) is 4.77. The van der Waals surface area contributed by atoms with Crippen LogP contribution in [0.25, 0.3) is 0 Å². The minimum Gasteiger partial charge on any atom is -0.379 e. The fraction of sp³-hybridized carbons (Fsp3) is 0.769. The van der Waals surface area contributed by atoms with Crippen molar-refractivity contribution in [2.45, 2.75) is 39.3 Å². The molecule has 0 saturated heterocycles. The van der Waals surface area contributed by atoms with Crippen molar-refractivity contribution in [2.75, 3.05) is 13.7 Å². The number of nitrogens with one attached hydrogen (secondary N) is 1. The maximum atomic E-state index is 5.63. The number of nitrogens with zero attached hydrogens (tertiary/aromatic N) is 2. The average Bonchev–Trinajstić information content (AvgIpc) is 2.70. The van der Waals surface area contributed by atoms with E-state index >= 15 is 0 Å². The number of methoxy groups -OCH3 is 1. The van der Waals surface area contributed by atoms with Crippen molar-refractivity contribution >= 4 is 0 Å². The number of hydrogen-bond donors (Lipinski definition) is 1. The van der Waals surface area contributed by atoms with Gasteiger partial charge in [-0.1, -0.05) is 20.8 Å². The molecule has 0 radical (unpaired) electrons. The Bertz CT molecular complexity index is 322. The van der Waals surface area contributed by atoms with Gasteiger partial charge in [-0.2, -0.15) is 0 Å². The Labute approximate surface area is 104 Å². The third kappa shape index (κ3) is 3.54. The van der Waals surface area contributed by atoms with E-state index in [1.807, 2.05) is 19.4 Å². The smallest absolute Gasteiger partial charge is 0.128 e. The first kappa shape index (κ1) is 14.2. The summed E-state index contributed by atoms with van der Waals surface area (Å²) in [7, 11) is 3.80. The highest BCUT2D eigenvalue weighted by Crippen LogP contribution is 2.22.